The van der Waals surface area contributed by atoms with E-state index >= 15 is 0 Å². The molecule has 2 aromatic carbocycles. The number of fused-ring (bicyclic) bond motifs is 1. The third kappa shape index (κ3) is 3.53. The summed E-state index contributed by atoms with van der Waals surface area (Å²) in [4.78, 5) is 4.33. The molecule has 0 saturated carbocycles. The van der Waals surface area contributed by atoms with Crippen molar-refractivity contribution in [2.24, 2.45) is 0 Å². The van der Waals surface area contributed by atoms with Gasteiger partial charge < -0.3 is 8.75 Å². The number of benzene rings is 2. The van der Waals surface area contributed by atoms with Crippen molar-refractivity contribution in [3.63, 3.8) is 0 Å². The van der Waals surface area contributed by atoms with Crippen LogP contribution < -0.4 is 4.18 Å². The lowest BCUT2D eigenvalue weighted by Crippen LogP contribution is -2.18. The summed E-state index contributed by atoms with van der Waals surface area (Å²) in [6, 6.07) is 12.6. The van der Waals surface area contributed by atoms with Gasteiger partial charge in [-0.25, -0.2) is 4.98 Å². The first-order chi connectivity index (χ1) is 10.9. The quantitative estimate of drug-likeness (QED) is 0.675. The molecule has 5 nitrogen and oxygen atoms in total. The van der Waals surface area contributed by atoms with Gasteiger partial charge in [0.1, 0.15) is 11.5 Å². The largest absolute Gasteiger partial charge is 0.382 e. The smallest absolute Gasteiger partial charge is 0.310 e. The molecule has 1 aromatic heterocycles. The maximum Gasteiger partial charge on any atom is 0.310 e. The molecule has 0 aliphatic heterocycles. The van der Waals surface area contributed by atoms with Crippen LogP contribution in [0.5, 0.6) is 5.75 Å². The van der Waals surface area contributed by atoms with E-state index < -0.39 is 10.1 Å². The molecule has 0 spiro atoms. The maximum absolute atomic E-state index is 12.1. The number of para-hydroxylation sites is 1. The fourth-order valence-corrected chi connectivity index (χ4v) is 3.27. The van der Waals surface area contributed by atoms with E-state index in [0.717, 1.165) is 16.6 Å². The number of nitrogens with zero attached hydrogens (tertiary/aromatic N) is 2. The minimum absolute atomic E-state index is 0.111. The Bertz CT molecular complexity index is 931. The van der Waals surface area contributed by atoms with Gasteiger partial charge >= 0.3 is 10.1 Å². The Morgan fingerprint density at radius 1 is 1.09 bits per heavy atom. The Kier molecular flexibility index (Phi) is 4.09. The number of rotatable bonds is 5. The zero-order chi connectivity index (χ0) is 16.4. The molecule has 0 radical (unpaired) electrons. The van der Waals surface area contributed by atoms with E-state index in [1.54, 1.807) is 36.7 Å². The summed E-state index contributed by atoms with van der Waals surface area (Å²) in [6.45, 7) is 4.36. The van der Waals surface area contributed by atoms with Crippen molar-refractivity contribution < 1.29 is 12.6 Å². The molecule has 0 fully saturated rings. The highest BCUT2D eigenvalue weighted by Crippen LogP contribution is 2.19. The number of imidazole rings is 1. The van der Waals surface area contributed by atoms with Gasteiger partial charge in [-0.1, -0.05) is 18.2 Å². The molecule has 0 aliphatic rings. The van der Waals surface area contributed by atoms with Crippen LogP contribution in [-0.4, -0.2) is 23.7 Å². The van der Waals surface area contributed by atoms with Crippen molar-refractivity contribution in [2.75, 3.05) is 5.75 Å². The minimum Gasteiger partial charge on any atom is -0.382 e. The summed E-state index contributed by atoms with van der Waals surface area (Å²) in [5.74, 6) is 0.217. The summed E-state index contributed by atoms with van der Waals surface area (Å²) in [7, 11) is -3.65. The van der Waals surface area contributed by atoms with Gasteiger partial charge in [0.2, 0.25) is 0 Å². The van der Waals surface area contributed by atoms with Gasteiger partial charge in [0.15, 0.2) is 0 Å². The molecular weight excluding hydrogens is 312 g/mol. The highest BCUT2D eigenvalue weighted by atomic mass is 32.2. The Labute approximate surface area is 135 Å². The predicted molar refractivity (Wildman–Crippen MR) is 90.1 cm³/mol. The van der Waals surface area contributed by atoms with Gasteiger partial charge in [0.05, 0.1) is 17.4 Å². The zero-order valence-corrected chi connectivity index (χ0v) is 13.9. The number of hydrogen-bond acceptors (Lipinski definition) is 4. The average Bonchev–Trinajstić information content (AvgIpc) is 2.88. The minimum atomic E-state index is -3.65. The summed E-state index contributed by atoms with van der Waals surface area (Å²) in [6.07, 6.45) is 1.67. The molecule has 1 heterocycles. The van der Waals surface area contributed by atoms with Crippen molar-refractivity contribution in [1.82, 2.24) is 9.55 Å². The fraction of sp³-hybridized carbons (Fsp3) is 0.235. The van der Waals surface area contributed by atoms with Crippen LogP contribution in [0.4, 0.5) is 0 Å². The lowest BCUT2D eigenvalue weighted by molar-refractivity contribution is 0.482. The van der Waals surface area contributed by atoms with Crippen LogP contribution in [0.3, 0.4) is 0 Å². The Hall–Kier alpha value is -2.34. The molecule has 6 heteroatoms. The lowest BCUT2D eigenvalue weighted by Gasteiger charge is -2.08. The molecule has 0 amide bonds. The first-order valence-electron chi connectivity index (χ1n) is 7.34. The predicted octanol–water partition coefficient (Wildman–Crippen LogP) is 3.06. The lowest BCUT2D eigenvalue weighted by atomic mass is 10.1. The van der Waals surface area contributed by atoms with Crippen molar-refractivity contribution >= 4 is 21.2 Å². The van der Waals surface area contributed by atoms with Crippen LogP contribution in [0, 0.1) is 13.8 Å². The van der Waals surface area contributed by atoms with Gasteiger partial charge in [0.25, 0.3) is 0 Å². The third-order valence-electron chi connectivity index (χ3n) is 3.79. The second-order valence-corrected chi connectivity index (χ2v) is 7.21. The first-order valence-corrected chi connectivity index (χ1v) is 8.92. The average molecular weight is 330 g/mol. The summed E-state index contributed by atoms with van der Waals surface area (Å²) in [5.41, 5.74) is 4.13. The van der Waals surface area contributed by atoms with E-state index in [1.165, 1.54) is 5.56 Å². The summed E-state index contributed by atoms with van der Waals surface area (Å²) in [5, 5.41) is 0. The van der Waals surface area contributed by atoms with Crippen molar-refractivity contribution in [1.29, 1.82) is 0 Å². The highest BCUT2D eigenvalue weighted by Gasteiger charge is 2.14. The fourth-order valence-electron chi connectivity index (χ4n) is 2.37. The zero-order valence-electron chi connectivity index (χ0n) is 13.1. The van der Waals surface area contributed by atoms with Gasteiger partial charge in [-0.05, 0) is 49.2 Å². The summed E-state index contributed by atoms with van der Waals surface area (Å²) < 4.78 is 31.1. The van der Waals surface area contributed by atoms with Crippen LogP contribution >= 0.6 is 0 Å². The van der Waals surface area contributed by atoms with Crippen LogP contribution in [0.1, 0.15) is 11.1 Å². The molecule has 23 heavy (non-hydrogen) atoms. The molecule has 0 unspecified atom stereocenters. The van der Waals surface area contributed by atoms with E-state index in [9.17, 15) is 8.42 Å². The van der Waals surface area contributed by atoms with Crippen molar-refractivity contribution in [3.05, 3.63) is 59.9 Å². The number of aromatic nitrogens is 2. The number of aryl methyl sites for hydroxylation is 3. The van der Waals surface area contributed by atoms with Crippen LogP contribution in [0.2, 0.25) is 0 Å². The highest BCUT2D eigenvalue weighted by molar-refractivity contribution is 7.87. The van der Waals surface area contributed by atoms with E-state index in [4.69, 9.17) is 4.18 Å². The Balaban J connectivity index is 1.76. The SMILES string of the molecule is Cc1cc2ncn(CCS(=O)(=O)Oc3ccccc3)c2cc1C. The van der Waals surface area contributed by atoms with Crippen LogP contribution in [0.15, 0.2) is 48.8 Å². The molecule has 0 bridgehead atoms. The second kappa shape index (κ2) is 6.04. The van der Waals surface area contributed by atoms with Gasteiger partial charge in [0, 0.05) is 6.54 Å². The maximum atomic E-state index is 12.1. The van der Waals surface area contributed by atoms with Crippen molar-refractivity contribution in [3.8, 4) is 5.75 Å². The van der Waals surface area contributed by atoms with Crippen molar-refractivity contribution in [2.45, 2.75) is 20.4 Å². The normalized spacial score (nSPS) is 11.7. The van der Waals surface area contributed by atoms with E-state index in [1.807, 2.05) is 30.5 Å². The van der Waals surface area contributed by atoms with Gasteiger partial charge in [-0.15, -0.1) is 0 Å². The molecule has 0 saturated heterocycles. The summed E-state index contributed by atoms with van der Waals surface area (Å²) >= 11 is 0. The molecular formula is C17H18N2O3S. The van der Waals surface area contributed by atoms with E-state index in [-0.39, 0.29) is 5.75 Å². The third-order valence-corrected chi connectivity index (χ3v) is 4.91. The van der Waals surface area contributed by atoms with E-state index in [2.05, 4.69) is 4.98 Å². The molecule has 0 N–H and O–H groups in total. The van der Waals surface area contributed by atoms with Gasteiger partial charge in [-0.3, -0.25) is 0 Å². The first kappa shape index (κ1) is 15.6. The monoisotopic (exact) mass is 330 g/mol. The van der Waals surface area contributed by atoms with E-state index in [0.29, 0.717) is 12.3 Å². The Morgan fingerprint density at radius 3 is 2.52 bits per heavy atom. The molecule has 120 valence electrons. The number of hydrogen-bond donors (Lipinski definition) is 0. The molecule has 3 rings (SSSR count). The second-order valence-electron chi connectivity index (χ2n) is 5.52. The standard InChI is InChI=1S/C17H18N2O3S/c1-13-10-16-17(11-14(13)2)19(12-18-16)8-9-23(20,21)22-15-6-4-3-5-7-15/h3-7,10-12H,8-9H2,1-2H3. The van der Waals surface area contributed by atoms with Crippen LogP contribution in [0.25, 0.3) is 11.0 Å². The molecule has 0 atom stereocenters. The topological polar surface area (TPSA) is 61.2 Å². The van der Waals surface area contributed by atoms with Crippen LogP contribution in [-0.2, 0) is 16.7 Å². The van der Waals surface area contributed by atoms with Gasteiger partial charge in [-0.2, -0.15) is 8.42 Å². The molecule has 3 aromatic rings. The Morgan fingerprint density at radius 2 is 1.78 bits per heavy atom. The molecule has 0 aliphatic carbocycles.